The summed E-state index contributed by atoms with van der Waals surface area (Å²) in [6.07, 6.45) is 4.84. The van der Waals surface area contributed by atoms with E-state index in [9.17, 15) is 5.11 Å². The molecule has 21 heavy (non-hydrogen) atoms. The zero-order valence-electron chi connectivity index (χ0n) is 10.9. The highest BCUT2D eigenvalue weighted by Gasteiger charge is 2.08. The molecule has 0 aliphatic heterocycles. The van der Waals surface area contributed by atoms with Crippen LogP contribution in [-0.4, -0.2) is 21.2 Å². The van der Waals surface area contributed by atoms with Gasteiger partial charge in [0.1, 0.15) is 6.07 Å². The molecule has 0 saturated heterocycles. The van der Waals surface area contributed by atoms with Crippen LogP contribution in [0.4, 0.5) is 5.69 Å². The summed E-state index contributed by atoms with van der Waals surface area (Å²) in [6, 6.07) is 10.5. The lowest BCUT2D eigenvalue weighted by atomic mass is 10.1. The number of nitrogens with zero attached hydrogens (tertiary/aromatic N) is 4. The van der Waals surface area contributed by atoms with E-state index in [1.165, 1.54) is 6.20 Å². The van der Waals surface area contributed by atoms with Crippen molar-refractivity contribution in [3.05, 3.63) is 54.6 Å². The minimum Gasteiger partial charge on any atom is -0.373 e. The number of hydrogen-bond donors (Lipinski definition) is 2. The van der Waals surface area contributed by atoms with E-state index in [4.69, 9.17) is 10.5 Å². The second kappa shape index (κ2) is 6.80. The second-order valence-corrected chi connectivity index (χ2v) is 4.05. The van der Waals surface area contributed by atoms with Crippen molar-refractivity contribution in [1.29, 1.82) is 10.5 Å². The van der Waals surface area contributed by atoms with Gasteiger partial charge in [0.2, 0.25) is 0 Å². The Hall–Kier alpha value is -3.22. The van der Waals surface area contributed by atoms with Gasteiger partial charge in [-0.25, -0.2) is 0 Å². The minimum absolute atomic E-state index is 0.0558. The van der Waals surface area contributed by atoms with Gasteiger partial charge in [-0.2, -0.15) is 10.5 Å². The Bertz CT molecular complexity index is 728. The van der Waals surface area contributed by atoms with E-state index in [0.29, 0.717) is 5.69 Å². The van der Waals surface area contributed by atoms with E-state index >= 15 is 0 Å². The van der Waals surface area contributed by atoms with Crippen molar-refractivity contribution in [3.63, 3.8) is 0 Å². The maximum atomic E-state index is 9.32. The first-order valence-corrected chi connectivity index (χ1v) is 6.05. The zero-order valence-corrected chi connectivity index (χ0v) is 10.9. The van der Waals surface area contributed by atoms with Gasteiger partial charge in [-0.1, -0.05) is 0 Å². The molecule has 1 atom stereocenters. The molecule has 2 heterocycles. The normalized spacial score (nSPS) is 12.0. The Morgan fingerprint density at radius 3 is 2.67 bits per heavy atom. The summed E-state index contributed by atoms with van der Waals surface area (Å²) in [4.78, 5) is 8.20. The smallest absolute Gasteiger partial charge is 0.177 e. The van der Waals surface area contributed by atoms with Crippen molar-refractivity contribution in [2.45, 2.75) is 6.10 Å². The van der Waals surface area contributed by atoms with Gasteiger partial charge in [-0.05, 0) is 24.3 Å². The molecule has 0 aliphatic carbocycles. The Balaban J connectivity index is 2.22. The molecule has 102 valence electrons. The number of aliphatic hydroxyl groups excluding tert-OH is 1. The SMILES string of the molecule is N#CC(=CNc1ccnc(-c2ccncc2)c1)C(O)C#N. The summed E-state index contributed by atoms with van der Waals surface area (Å²) in [5.74, 6) is 0. The highest BCUT2D eigenvalue weighted by molar-refractivity contribution is 5.64. The van der Waals surface area contributed by atoms with Crippen molar-refractivity contribution in [1.82, 2.24) is 9.97 Å². The zero-order chi connectivity index (χ0) is 15.1. The third kappa shape index (κ3) is 3.63. The van der Waals surface area contributed by atoms with Gasteiger partial charge in [0.05, 0.1) is 17.3 Å². The first-order valence-electron chi connectivity index (χ1n) is 6.05. The Morgan fingerprint density at radius 2 is 2.00 bits per heavy atom. The van der Waals surface area contributed by atoms with Crippen molar-refractivity contribution in [2.24, 2.45) is 0 Å². The predicted molar refractivity (Wildman–Crippen MR) is 76.4 cm³/mol. The topological polar surface area (TPSA) is 106 Å². The van der Waals surface area contributed by atoms with E-state index in [1.54, 1.807) is 42.9 Å². The number of pyridine rings is 2. The summed E-state index contributed by atoms with van der Waals surface area (Å²) in [5.41, 5.74) is 2.29. The lowest BCUT2D eigenvalue weighted by molar-refractivity contribution is 0.270. The molecule has 0 amide bonds. The van der Waals surface area contributed by atoms with Crippen molar-refractivity contribution >= 4 is 5.69 Å². The molecule has 2 N–H and O–H groups in total. The van der Waals surface area contributed by atoms with Crippen molar-refractivity contribution in [3.8, 4) is 23.4 Å². The summed E-state index contributed by atoms with van der Waals surface area (Å²) >= 11 is 0. The predicted octanol–water partition coefficient (Wildman–Crippen LogP) is 1.85. The van der Waals surface area contributed by atoms with Crippen LogP contribution in [0, 0.1) is 22.7 Å². The largest absolute Gasteiger partial charge is 0.373 e. The Labute approximate surface area is 121 Å². The van der Waals surface area contributed by atoms with Crippen LogP contribution in [0.2, 0.25) is 0 Å². The number of aliphatic hydroxyl groups is 1. The van der Waals surface area contributed by atoms with Gasteiger partial charge < -0.3 is 10.4 Å². The second-order valence-electron chi connectivity index (χ2n) is 4.05. The van der Waals surface area contributed by atoms with Crippen molar-refractivity contribution < 1.29 is 5.11 Å². The van der Waals surface area contributed by atoms with Gasteiger partial charge in [0.15, 0.2) is 6.10 Å². The first-order chi connectivity index (χ1) is 10.2. The van der Waals surface area contributed by atoms with Gasteiger partial charge in [0.25, 0.3) is 0 Å². The number of nitriles is 2. The number of anilines is 1. The average molecular weight is 277 g/mol. The Morgan fingerprint density at radius 1 is 1.24 bits per heavy atom. The van der Waals surface area contributed by atoms with Crippen LogP contribution in [0.5, 0.6) is 0 Å². The summed E-state index contributed by atoms with van der Waals surface area (Å²) in [7, 11) is 0. The fraction of sp³-hybridized carbons (Fsp3) is 0.0667. The number of rotatable bonds is 4. The molecule has 0 saturated carbocycles. The first kappa shape index (κ1) is 14.2. The molecule has 0 spiro atoms. The van der Waals surface area contributed by atoms with Gasteiger partial charge in [-0.15, -0.1) is 0 Å². The quantitative estimate of drug-likeness (QED) is 0.652. The van der Waals surface area contributed by atoms with Crippen LogP contribution in [0.25, 0.3) is 11.3 Å². The lowest BCUT2D eigenvalue weighted by Gasteiger charge is -2.05. The van der Waals surface area contributed by atoms with E-state index in [-0.39, 0.29) is 5.57 Å². The van der Waals surface area contributed by atoms with E-state index in [1.807, 2.05) is 12.1 Å². The molecular formula is C15H11N5O. The fourth-order valence-electron chi connectivity index (χ4n) is 1.60. The summed E-state index contributed by atoms with van der Waals surface area (Å²) in [5, 5.41) is 29.6. The fourth-order valence-corrected chi connectivity index (χ4v) is 1.60. The molecule has 6 heteroatoms. The lowest BCUT2D eigenvalue weighted by Crippen LogP contribution is -2.07. The maximum Gasteiger partial charge on any atom is 0.177 e. The van der Waals surface area contributed by atoms with Crippen LogP contribution < -0.4 is 5.32 Å². The van der Waals surface area contributed by atoms with Gasteiger partial charge >= 0.3 is 0 Å². The molecular weight excluding hydrogens is 266 g/mol. The van der Waals surface area contributed by atoms with Gasteiger partial charge in [-0.3, -0.25) is 9.97 Å². The number of nitrogens with one attached hydrogen (secondary N) is 1. The average Bonchev–Trinajstić information content (AvgIpc) is 2.56. The van der Waals surface area contributed by atoms with Crippen LogP contribution in [-0.2, 0) is 0 Å². The van der Waals surface area contributed by atoms with Crippen LogP contribution in [0.1, 0.15) is 0 Å². The molecule has 0 bridgehead atoms. The number of hydrogen-bond acceptors (Lipinski definition) is 6. The van der Waals surface area contributed by atoms with Crippen LogP contribution in [0.15, 0.2) is 54.6 Å². The molecule has 0 aromatic carbocycles. The maximum absolute atomic E-state index is 9.32. The van der Waals surface area contributed by atoms with E-state index < -0.39 is 6.10 Å². The molecule has 2 aromatic heterocycles. The van der Waals surface area contributed by atoms with Crippen LogP contribution >= 0.6 is 0 Å². The molecule has 2 rings (SSSR count). The monoisotopic (exact) mass is 277 g/mol. The molecule has 0 fully saturated rings. The summed E-state index contributed by atoms with van der Waals surface area (Å²) in [6.45, 7) is 0. The minimum atomic E-state index is -1.44. The van der Waals surface area contributed by atoms with E-state index in [2.05, 4.69) is 15.3 Å². The highest BCUT2D eigenvalue weighted by atomic mass is 16.3. The van der Waals surface area contributed by atoms with Gasteiger partial charge in [0, 0.05) is 36.0 Å². The third-order valence-corrected chi connectivity index (χ3v) is 2.68. The molecule has 0 radical (unpaired) electrons. The third-order valence-electron chi connectivity index (χ3n) is 2.68. The Kier molecular flexibility index (Phi) is 4.60. The van der Waals surface area contributed by atoms with Crippen LogP contribution in [0.3, 0.4) is 0 Å². The molecule has 2 aromatic rings. The highest BCUT2D eigenvalue weighted by Crippen LogP contribution is 2.19. The summed E-state index contributed by atoms with van der Waals surface area (Å²) < 4.78 is 0. The molecule has 6 nitrogen and oxygen atoms in total. The molecule has 0 aliphatic rings. The standard InChI is InChI=1S/C15H11N5O/c16-8-12(15(21)9-17)10-20-13-3-6-19-14(7-13)11-1-4-18-5-2-11/h1-7,10,15,21H,(H,19,20). The number of aromatic nitrogens is 2. The van der Waals surface area contributed by atoms with E-state index in [0.717, 1.165) is 11.3 Å². The molecule has 1 unspecified atom stereocenters. The van der Waals surface area contributed by atoms with Crippen molar-refractivity contribution in [2.75, 3.05) is 5.32 Å².